The third-order valence-corrected chi connectivity index (χ3v) is 4.35. The Morgan fingerprint density at radius 2 is 2.17 bits per heavy atom. The average Bonchev–Trinajstić information content (AvgIpc) is 3.15. The number of nitrogens with one attached hydrogen (secondary N) is 2. The first-order chi connectivity index (χ1) is 14.1. The SMILES string of the molecule is CCOCCCNC(O)c1ccc(-n2[nH]cc(-c3ccnc(OC)c3)c2=O)nc1. The van der Waals surface area contributed by atoms with Crippen LogP contribution in [0.2, 0.25) is 0 Å². The van der Waals surface area contributed by atoms with Gasteiger partial charge in [0.2, 0.25) is 5.88 Å². The molecule has 154 valence electrons. The maximum Gasteiger partial charge on any atom is 0.280 e. The summed E-state index contributed by atoms with van der Waals surface area (Å²) in [6.45, 7) is 3.90. The van der Waals surface area contributed by atoms with Gasteiger partial charge in [0.15, 0.2) is 5.82 Å². The summed E-state index contributed by atoms with van der Waals surface area (Å²) in [5.41, 5.74) is 1.55. The third kappa shape index (κ3) is 5.08. The van der Waals surface area contributed by atoms with Crippen LogP contribution in [0.5, 0.6) is 5.88 Å². The summed E-state index contributed by atoms with van der Waals surface area (Å²) >= 11 is 0. The number of aliphatic hydroxyl groups excluding tert-OH is 1. The van der Waals surface area contributed by atoms with E-state index in [2.05, 4.69) is 20.4 Å². The largest absolute Gasteiger partial charge is 0.481 e. The average molecular weight is 399 g/mol. The molecule has 0 amide bonds. The molecule has 9 nitrogen and oxygen atoms in total. The Hall–Kier alpha value is -3.01. The van der Waals surface area contributed by atoms with Crippen LogP contribution in [-0.4, -0.2) is 51.7 Å². The number of pyridine rings is 2. The minimum absolute atomic E-state index is 0.242. The highest BCUT2D eigenvalue weighted by Crippen LogP contribution is 2.19. The minimum atomic E-state index is -0.835. The van der Waals surface area contributed by atoms with Gasteiger partial charge in [-0.25, -0.2) is 14.6 Å². The molecule has 0 bridgehead atoms. The number of rotatable bonds is 10. The second-order valence-corrected chi connectivity index (χ2v) is 6.27. The fourth-order valence-electron chi connectivity index (χ4n) is 2.80. The Balaban J connectivity index is 1.70. The van der Waals surface area contributed by atoms with E-state index >= 15 is 0 Å². The summed E-state index contributed by atoms with van der Waals surface area (Å²) in [6, 6.07) is 6.83. The van der Waals surface area contributed by atoms with Crippen LogP contribution in [0, 0.1) is 0 Å². The number of aromatic nitrogens is 4. The molecule has 9 heteroatoms. The van der Waals surface area contributed by atoms with Crippen molar-refractivity contribution in [2.75, 3.05) is 26.9 Å². The zero-order valence-electron chi connectivity index (χ0n) is 16.5. The van der Waals surface area contributed by atoms with Gasteiger partial charge in [0.25, 0.3) is 5.56 Å². The first kappa shape index (κ1) is 20.7. The molecule has 0 saturated carbocycles. The van der Waals surface area contributed by atoms with Gasteiger partial charge in [-0.15, -0.1) is 0 Å². The molecule has 0 spiro atoms. The number of hydrogen-bond donors (Lipinski definition) is 3. The lowest BCUT2D eigenvalue weighted by Gasteiger charge is -2.13. The monoisotopic (exact) mass is 399 g/mol. The second kappa shape index (κ2) is 9.97. The molecule has 3 N–H and O–H groups in total. The van der Waals surface area contributed by atoms with E-state index in [1.165, 1.54) is 18.0 Å². The lowest BCUT2D eigenvalue weighted by Crippen LogP contribution is -2.23. The van der Waals surface area contributed by atoms with Gasteiger partial charge < -0.3 is 14.6 Å². The number of ether oxygens (including phenoxy) is 2. The Bertz CT molecular complexity index is 968. The third-order valence-electron chi connectivity index (χ3n) is 4.35. The molecule has 3 heterocycles. The van der Waals surface area contributed by atoms with Gasteiger partial charge >= 0.3 is 0 Å². The fourth-order valence-corrected chi connectivity index (χ4v) is 2.80. The lowest BCUT2D eigenvalue weighted by atomic mass is 10.1. The predicted molar refractivity (Wildman–Crippen MR) is 108 cm³/mol. The van der Waals surface area contributed by atoms with Crippen molar-refractivity contribution in [1.29, 1.82) is 0 Å². The van der Waals surface area contributed by atoms with Crippen LogP contribution in [0.1, 0.15) is 25.1 Å². The summed E-state index contributed by atoms with van der Waals surface area (Å²) in [6.07, 6.45) is 4.70. The summed E-state index contributed by atoms with van der Waals surface area (Å²) in [5, 5.41) is 16.1. The molecule has 3 aromatic heterocycles. The van der Waals surface area contributed by atoms with Crippen molar-refractivity contribution in [2.45, 2.75) is 19.6 Å². The molecule has 0 aliphatic carbocycles. The molecule has 3 aromatic rings. The maximum absolute atomic E-state index is 12.8. The van der Waals surface area contributed by atoms with Crippen LogP contribution in [0.25, 0.3) is 16.9 Å². The molecular formula is C20H25N5O4. The standard InChI is InChI=1S/C20H25N5O4/c1-3-29-10-4-8-22-19(26)15-5-6-17(23-12-15)25-20(27)16(13-24-25)14-7-9-21-18(11-14)28-2/h5-7,9,11-13,19,22,24,26H,3-4,8,10H2,1-2H3. The zero-order valence-corrected chi connectivity index (χ0v) is 16.5. The molecule has 29 heavy (non-hydrogen) atoms. The van der Waals surface area contributed by atoms with E-state index < -0.39 is 6.23 Å². The highest BCUT2D eigenvalue weighted by Gasteiger charge is 2.13. The lowest BCUT2D eigenvalue weighted by molar-refractivity contribution is 0.119. The number of aliphatic hydroxyl groups is 1. The van der Waals surface area contributed by atoms with E-state index in [0.717, 1.165) is 6.42 Å². The first-order valence-corrected chi connectivity index (χ1v) is 9.40. The summed E-state index contributed by atoms with van der Waals surface area (Å²) in [7, 11) is 1.52. The van der Waals surface area contributed by atoms with Gasteiger partial charge in [0.1, 0.15) is 6.23 Å². The molecule has 0 aliphatic heterocycles. The van der Waals surface area contributed by atoms with E-state index in [0.29, 0.717) is 48.1 Å². The summed E-state index contributed by atoms with van der Waals surface area (Å²) in [5.74, 6) is 0.856. The van der Waals surface area contributed by atoms with Gasteiger partial charge in [0.05, 0.1) is 12.7 Å². The quantitative estimate of drug-likeness (QED) is 0.351. The minimum Gasteiger partial charge on any atom is -0.481 e. The fraction of sp³-hybridized carbons (Fsp3) is 0.350. The van der Waals surface area contributed by atoms with Crippen molar-refractivity contribution in [3.8, 4) is 22.8 Å². The zero-order chi connectivity index (χ0) is 20.6. The van der Waals surface area contributed by atoms with Crippen LogP contribution >= 0.6 is 0 Å². The van der Waals surface area contributed by atoms with Crippen molar-refractivity contribution in [2.24, 2.45) is 0 Å². The van der Waals surface area contributed by atoms with Gasteiger partial charge in [-0.2, -0.15) is 0 Å². The predicted octanol–water partition coefficient (Wildman–Crippen LogP) is 1.64. The van der Waals surface area contributed by atoms with E-state index in [9.17, 15) is 9.90 Å². The maximum atomic E-state index is 12.8. The highest BCUT2D eigenvalue weighted by atomic mass is 16.5. The van der Waals surface area contributed by atoms with E-state index in [-0.39, 0.29) is 5.56 Å². The molecule has 0 radical (unpaired) electrons. The van der Waals surface area contributed by atoms with Crippen molar-refractivity contribution in [3.05, 3.63) is 58.8 Å². The molecule has 0 aromatic carbocycles. The smallest absolute Gasteiger partial charge is 0.280 e. The molecule has 3 rings (SSSR count). The normalized spacial score (nSPS) is 12.1. The molecule has 0 aliphatic rings. The van der Waals surface area contributed by atoms with E-state index in [4.69, 9.17) is 9.47 Å². The number of aromatic amines is 1. The van der Waals surface area contributed by atoms with Crippen molar-refractivity contribution in [3.63, 3.8) is 0 Å². The number of nitrogens with zero attached hydrogens (tertiary/aromatic N) is 3. The van der Waals surface area contributed by atoms with Crippen LogP contribution < -0.4 is 15.6 Å². The van der Waals surface area contributed by atoms with Crippen molar-refractivity contribution < 1.29 is 14.6 Å². The van der Waals surface area contributed by atoms with Crippen LogP contribution in [0.4, 0.5) is 0 Å². The van der Waals surface area contributed by atoms with Gasteiger partial charge in [-0.3, -0.25) is 15.2 Å². The van der Waals surface area contributed by atoms with Gasteiger partial charge in [-0.1, -0.05) is 0 Å². The first-order valence-electron chi connectivity index (χ1n) is 9.40. The Morgan fingerprint density at radius 1 is 1.31 bits per heavy atom. The number of H-pyrrole nitrogens is 1. The van der Waals surface area contributed by atoms with Crippen molar-refractivity contribution >= 4 is 0 Å². The van der Waals surface area contributed by atoms with Crippen LogP contribution in [0.15, 0.2) is 47.7 Å². The summed E-state index contributed by atoms with van der Waals surface area (Å²) in [4.78, 5) is 21.1. The van der Waals surface area contributed by atoms with Crippen LogP contribution in [0.3, 0.4) is 0 Å². The molecule has 1 atom stereocenters. The topological polar surface area (TPSA) is 114 Å². The molecule has 1 unspecified atom stereocenters. The van der Waals surface area contributed by atoms with Crippen molar-refractivity contribution in [1.82, 2.24) is 25.1 Å². The van der Waals surface area contributed by atoms with E-state index in [1.54, 1.807) is 36.7 Å². The molecule has 0 saturated heterocycles. The number of hydrogen-bond acceptors (Lipinski definition) is 7. The van der Waals surface area contributed by atoms with Crippen LogP contribution in [-0.2, 0) is 4.74 Å². The summed E-state index contributed by atoms with van der Waals surface area (Å²) < 4.78 is 11.7. The Morgan fingerprint density at radius 3 is 2.90 bits per heavy atom. The molecular weight excluding hydrogens is 374 g/mol. The highest BCUT2D eigenvalue weighted by molar-refractivity contribution is 5.62. The number of methoxy groups -OCH3 is 1. The van der Waals surface area contributed by atoms with Gasteiger partial charge in [-0.05, 0) is 43.7 Å². The van der Waals surface area contributed by atoms with Gasteiger partial charge in [0, 0.05) is 43.4 Å². The Kier molecular flexibility index (Phi) is 7.12. The molecule has 0 fully saturated rings. The van der Waals surface area contributed by atoms with E-state index in [1.807, 2.05) is 6.92 Å². The Labute approximate surface area is 168 Å². The second-order valence-electron chi connectivity index (χ2n) is 6.27.